The highest BCUT2D eigenvalue weighted by atomic mass is 35.5. The number of likely N-dealkylation sites (N-methyl/N-ethyl adjacent to an activating group) is 1. The molecule has 4 rings (SSSR count). The Kier molecular flexibility index (Phi) is 6.21. The predicted molar refractivity (Wildman–Crippen MR) is 117 cm³/mol. The number of benzene rings is 2. The van der Waals surface area contributed by atoms with Crippen LogP contribution in [-0.2, 0) is 4.52 Å². The minimum absolute atomic E-state index is 0.0169. The van der Waals surface area contributed by atoms with Gasteiger partial charge >= 0.3 is 8.60 Å². The van der Waals surface area contributed by atoms with Gasteiger partial charge in [0.2, 0.25) is 0 Å². The van der Waals surface area contributed by atoms with Gasteiger partial charge in [-0.05, 0) is 32.1 Å². The van der Waals surface area contributed by atoms with Crippen molar-refractivity contribution in [3.8, 4) is 22.8 Å². The van der Waals surface area contributed by atoms with Crippen LogP contribution in [0, 0.1) is 0 Å². The Morgan fingerprint density at radius 3 is 2.65 bits per heavy atom. The molecule has 1 aromatic heterocycles. The molecule has 0 spiro atoms. The fourth-order valence-corrected chi connectivity index (χ4v) is 4.79. The number of likely N-dealkylation sites (tertiary alicyclic amines) is 1. The van der Waals surface area contributed by atoms with Gasteiger partial charge in [0.05, 0.1) is 11.1 Å². The number of hydrogen-bond acceptors (Lipinski definition) is 8. The van der Waals surface area contributed by atoms with Gasteiger partial charge in [-0.1, -0.05) is 23.7 Å². The van der Waals surface area contributed by atoms with Crippen molar-refractivity contribution >= 4 is 31.2 Å². The fraction of sp³-hybridized carbons (Fsp3) is 0.286. The fourth-order valence-electron chi connectivity index (χ4n) is 4.10. The highest BCUT2D eigenvalue weighted by Crippen LogP contribution is 2.45. The van der Waals surface area contributed by atoms with E-state index in [-0.39, 0.29) is 28.0 Å². The third-order valence-corrected chi connectivity index (χ3v) is 6.29. The molecule has 0 bridgehead atoms. The Bertz CT molecular complexity index is 1180. The van der Waals surface area contributed by atoms with Gasteiger partial charge in [-0.25, -0.2) is 0 Å². The zero-order valence-electron chi connectivity index (χ0n) is 16.5. The molecule has 0 amide bonds. The standard InChI is InChI=1S/C21H21ClNO7P/c1-23-7-6-12(18(10-23)30-31(27)28)19-14(24)8-15(25)20-16(26)9-17(29-21(19)20)11-4-2-3-5-13(11)22/h2-5,8-9,12,18,24-25,27-28H,6-7,10H2,1H3/t12?,18-/m1/s1. The van der Waals surface area contributed by atoms with Crippen molar-refractivity contribution in [2.45, 2.75) is 18.4 Å². The Morgan fingerprint density at radius 2 is 1.94 bits per heavy atom. The van der Waals surface area contributed by atoms with Crippen LogP contribution < -0.4 is 5.43 Å². The number of phenols is 2. The number of rotatable bonds is 4. The molecule has 4 N–H and O–H groups in total. The molecule has 0 saturated carbocycles. The van der Waals surface area contributed by atoms with E-state index in [9.17, 15) is 24.8 Å². The molecular formula is C21H21ClNO7P. The summed E-state index contributed by atoms with van der Waals surface area (Å²) >= 11 is 6.27. The molecule has 31 heavy (non-hydrogen) atoms. The molecule has 2 heterocycles. The molecule has 3 aromatic rings. The van der Waals surface area contributed by atoms with Crippen LogP contribution in [0.1, 0.15) is 17.9 Å². The molecule has 1 aliphatic heterocycles. The van der Waals surface area contributed by atoms with E-state index in [0.717, 1.165) is 6.07 Å². The van der Waals surface area contributed by atoms with Gasteiger partial charge in [-0.3, -0.25) is 4.79 Å². The molecule has 0 radical (unpaired) electrons. The highest BCUT2D eigenvalue weighted by Gasteiger charge is 2.36. The molecule has 1 unspecified atom stereocenters. The van der Waals surface area contributed by atoms with Gasteiger partial charge in [-0.2, -0.15) is 0 Å². The molecule has 8 nitrogen and oxygen atoms in total. The van der Waals surface area contributed by atoms with Gasteiger partial charge in [-0.15, -0.1) is 0 Å². The Morgan fingerprint density at radius 1 is 1.19 bits per heavy atom. The van der Waals surface area contributed by atoms with Crippen molar-refractivity contribution in [2.24, 2.45) is 0 Å². The molecular weight excluding hydrogens is 445 g/mol. The summed E-state index contributed by atoms with van der Waals surface area (Å²) in [5.41, 5.74) is 0.284. The molecule has 1 aliphatic rings. The SMILES string of the molecule is CN1CCC(c2c(O)cc(O)c3c(=O)cc(-c4ccccc4Cl)oc23)[C@H](OP(O)O)C1. The van der Waals surface area contributed by atoms with Crippen LogP contribution in [0.15, 0.2) is 45.6 Å². The van der Waals surface area contributed by atoms with E-state index in [4.69, 9.17) is 20.5 Å². The van der Waals surface area contributed by atoms with Gasteiger partial charge < -0.3 is 33.8 Å². The third kappa shape index (κ3) is 4.28. The number of halogens is 1. The monoisotopic (exact) mass is 465 g/mol. The topological polar surface area (TPSA) is 124 Å². The lowest BCUT2D eigenvalue weighted by Gasteiger charge is -2.37. The number of phenolic OH excluding ortho intramolecular Hbond substituents is 2. The third-order valence-electron chi connectivity index (χ3n) is 5.50. The summed E-state index contributed by atoms with van der Waals surface area (Å²) in [7, 11) is -0.770. The van der Waals surface area contributed by atoms with E-state index >= 15 is 0 Å². The summed E-state index contributed by atoms with van der Waals surface area (Å²) in [5.74, 6) is -1.000. The van der Waals surface area contributed by atoms with E-state index in [0.29, 0.717) is 30.1 Å². The first-order valence-electron chi connectivity index (χ1n) is 9.57. The Balaban J connectivity index is 1.96. The van der Waals surface area contributed by atoms with Crippen molar-refractivity contribution < 1.29 is 28.9 Å². The number of aromatic hydroxyl groups is 2. The minimum Gasteiger partial charge on any atom is -0.507 e. The quantitative estimate of drug-likeness (QED) is 0.431. The maximum absolute atomic E-state index is 12.9. The molecule has 0 aliphatic carbocycles. The van der Waals surface area contributed by atoms with Crippen molar-refractivity contribution in [3.05, 3.63) is 57.2 Å². The van der Waals surface area contributed by atoms with Crippen molar-refractivity contribution in [2.75, 3.05) is 20.1 Å². The van der Waals surface area contributed by atoms with Crippen LogP contribution >= 0.6 is 20.2 Å². The second-order valence-corrected chi connectivity index (χ2v) is 8.66. The number of nitrogens with zero attached hydrogens (tertiary/aromatic N) is 1. The molecule has 10 heteroatoms. The minimum atomic E-state index is -2.64. The second kappa shape index (κ2) is 8.74. The average Bonchev–Trinajstić information content (AvgIpc) is 2.68. The number of fused-ring (bicyclic) bond motifs is 1. The van der Waals surface area contributed by atoms with Gasteiger partial charge in [0.1, 0.15) is 28.2 Å². The van der Waals surface area contributed by atoms with Crippen LogP contribution in [0.3, 0.4) is 0 Å². The largest absolute Gasteiger partial charge is 0.507 e. The maximum atomic E-state index is 12.9. The van der Waals surface area contributed by atoms with Crippen LogP contribution in [-0.4, -0.2) is 51.1 Å². The average molecular weight is 466 g/mol. The summed E-state index contributed by atoms with van der Waals surface area (Å²) in [6, 6.07) is 9.19. The number of piperidine rings is 1. The maximum Gasteiger partial charge on any atom is 0.327 e. The van der Waals surface area contributed by atoms with E-state index in [1.165, 1.54) is 6.07 Å². The first-order chi connectivity index (χ1) is 14.8. The zero-order chi connectivity index (χ0) is 22.3. The smallest absolute Gasteiger partial charge is 0.327 e. The molecule has 1 saturated heterocycles. The van der Waals surface area contributed by atoms with E-state index in [1.54, 1.807) is 24.3 Å². The van der Waals surface area contributed by atoms with Crippen LogP contribution in [0.5, 0.6) is 11.5 Å². The van der Waals surface area contributed by atoms with Crippen LogP contribution in [0.25, 0.3) is 22.3 Å². The zero-order valence-corrected chi connectivity index (χ0v) is 18.2. The lowest BCUT2D eigenvalue weighted by molar-refractivity contribution is 0.0711. The first kappa shape index (κ1) is 22.0. The lowest BCUT2D eigenvalue weighted by Crippen LogP contribution is -2.41. The molecule has 164 valence electrons. The number of hydrogen-bond donors (Lipinski definition) is 4. The lowest BCUT2D eigenvalue weighted by atomic mass is 9.85. The highest BCUT2D eigenvalue weighted by molar-refractivity contribution is 7.39. The van der Waals surface area contributed by atoms with Gasteiger partial charge in [0.25, 0.3) is 0 Å². The first-order valence-corrected chi connectivity index (χ1v) is 11.1. The van der Waals surface area contributed by atoms with E-state index in [1.807, 2.05) is 11.9 Å². The van der Waals surface area contributed by atoms with Crippen molar-refractivity contribution in [1.82, 2.24) is 4.90 Å². The van der Waals surface area contributed by atoms with Crippen molar-refractivity contribution in [3.63, 3.8) is 0 Å². The molecule has 1 fully saturated rings. The summed E-state index contributed by atoms with van der Waals surface area (Å²) in [6.45, 7) is 1.02. The van der Waals surface area contributed by atoms with E-state index < -0.39 is 31.8 Å². The van der Waals surface area contributed by atoms with Crippen LogP contribution in [0.2, 0.25) is 5.02 Å². The van der Waals surface area contributed by atoms with Gasteiger partial charge in [0, 0.05) is 35.7 Å². The van der Waals surface area contributed by atoms with Crippen LogP contribution in [0.4, 0.5) is 0 Å². The molecule has 2 atom stereocenters. The van der Waals surface area contributed by atoms with E-state index in [2.05, 4.69) is 0 Å². The summed E-state index contributed by atoms with van der Waals surface area (Å²) in [4.78, 5) is 33.7. The Labute approximate surface area is 183 Å². The second-order valence-electron chi connectivity index (χ2n) is 7.54. The summed E-state index contributed by atoms with van der Waals surface area (Å²) in [5, 5.41) is 21.4. The van der Waals surface area contributed by atoms with Gasteiger partial charge in [0.15, 0.2) is 5.43 Å². The Hall–Kier alpha value is -2.19. The molecule has 2 aromatic carbocycles. The normalized spacial score (nSPS) is 19.9. The predicted octanol–water partition coefficient (Wildman–Crippen LogP) is 3.54. The summed E-state index contributed by atoms with van der Waals surface area (Å²) < 4.78 is 11.4. The summed E-state index contributed by atoms with van der Waals surface area (Å²) in [6.07, 6.45) is -0.176. The van der Waals surface area contributed by atoms with Crippen molar-refractivity contribution in [1.29, 1.82) is 0 Å².